The number of ether oxygens (including phenoxy) is 3. The van der Waals surface area contributed by atoms with Crippen molar-refractivity contribution in [1.29, 1.82) is 0 Å². The topological polar surface area (TPSA) is 187 Å². The molecule has 2 aliphatic rings. The van der Waals surface area contributed by atoms with E-state index in [1.807, 2.05) is 0 Å². The van der Waals surface area contributed by atoms with Crippen LogP contribution in [-0.4, -0.2) is 70.5 Å². The van der Waals surface area contributed by atoms with Crippen LogP contribution in [0.5, 0.6) is 0 Å². The van der Waals surface area contributed by atoms with Crippen molar-refractivity contribution in [2.45, 2.75) is 88.2 Å². The molecule has 0 aromatic rings. The van der Waals surface area contributed by atoms with Crippen LogP contribution in [0.2, 0.25) is 0 Å². The zero-order valence-corrected chi connectivity index (χ0v) is 18.8. The van der Waals surface area contributed by atoms with Crippen LogP contribution in [-0.2, 0) is 28.6 Å². The Kier molecular flexibility index (Phi) is 9.45. The Bertz CT molecular complexity index is 841. The lowest BCUT2D eigenvalue weighted by Crippen LogP contribution is -2.57. The highest BCUT2D eigenvalue weighted by Gasteiger charge is 2.45. The Labute approximate surface area is 197 Å². The number of amides is 2. The molecule has 35 heavy (non-hydrogen) atoms. The van der Waals surface area contributed by atoms with Gasteiger partial charge in [0.1, 0.15) is 6.10 Å². The minimum absolute atomic E-state index is 0.172. The first-order valence-electron chi connectivity index (χ1n) is 10.9. The highest BCUT2D eigenvalue weighted by molar-refractivity contribution is 5.96. The van der Waals surface area contributed by atoms with Crippen LogP contribution in [0.1, 0.15) is 51.9 Å². The molecule has 6 N–H and O–H groups in total. The number of esters is 2. The summed E-state index contributed by atoms with van der Waals surface area (Å²) in [6.07, 6.45) is -3.78. The maximum absolute atomic E-state index is 12.4. The lowest BCUT2D eigenvalue weighted by molar-refractivity contribution is -0.312. The van der Waals surface area contributed by atoms with Crippen molar-refractivity contribution in [3.05, 3.63) is 11.8 Å². The minimum Gasteiger partial charge on any atom is -0.481 e. The largest absolute Gasteiger partial charge is 0.491 e. The van der Waals surface area contributed by atoms with Gasteiger partial charge in [0.25, 0.3) is 0 Å². The molecule has 3 atom stereocenters. The summed E-state index contributed by atoms with van der Waals surface area (Å²) in [6, 6.07) is -2.42. The van der Waals surface area contributed by atoms with Gasteiger partial charge in [-0.3, -0.25) is 4.79 Å². The number of hydrogen-bond acceptors (Lipinski definition) is 10. The second kappa shape index (κ2) is 11.7. The lowest BCUT2D eigenvalue weighted by Gasteiger charge is -2.36. The Hall–Kier alpha value is -2.91. The first-order chi connectivity index (χ1) is 16.2. The highest BCUT2D eigenvalue weighted by Crippen LogP contribution is 2.26. The third-order valence-corrected chi connectivity index (χ3v) is 5.36. The first-order valence-corrected chi connectivity index (χ1v) is 10.9. The molecule has 15 heteroatoms. The maximum atomic E-state index is 12.4. The summed E-state index contributed by atoms with van der Waals surface area (Å²) in [4.78, 5) is 46.4. The number of halogens is 3. The standard InChI is InChI=1S/C20H28F3N3O9/c1-10(27)25-15-12(24)9-14(16(28)34-17(29)20(21,22)23)33-13(15)7-8-19(31,32)35-18(30)26-11-5-3-2-4-6-11/h9,11-13,15,31-32H,2-8,24H2,1H3,(H,25,27)(H,26,30)/t12-,13+,15+/m0/s1. The lowest BCUT2D eigenvalue weighted by atomic mass is 9.95. The van der Waals surface area contributed by atoms with Crippen molar-refractivity contribution in [1.82, 2.24) is 10.6 Å². The Balaban J connectivity index is 2.03. The van der Waals surface area contributed by atoms with E-state index in [9.17, 15) is 42.6 Å². The molecule has 1 fully saturated rings. The van der Waals surface area contributed by atoms with Crippen LogP contribution < -0.4 is 16.4 Å². The van der Waals surface area contributed by atoms with Crippen LogP contribution in [0.4, 0.5) is 18.0 Å². The molecular weight excluding hydrogens is 483 g/mol. The van der Waals surface area contributed by atoms with E-state index in [4.69, 9.17) is 10.5 Å². The Morgan fingerprint density at radius 2 is 1.77 bits per heavy atom. The number of nitrogens with two attached hydrogens (primary N) is 1. The van der Waals surface area contributed by atoms with Crippen molar-refractivity contribution >= 4 is 23.9 Å². The summed E-state index contributed by atoms with van der Waals surface area (Å²) in [5.41, 5.74) is 5.88. The molecular formula is C20H28F3N3O9. The van der Waals surface area contributed by atoms with Crippen molar-refractivity contribution in [3.63, 3.8) is 0 Å². The number of alkyl carbamates (subject to hydrolysis) is 1. The van der Waals surface area contributed by atoms with E-state index in [1.54, 1.807) is 0 Å². The summed E-state index contributed by atoms with van der Waals surface area (Å²) in [5.74, 6) is -8.96. The molecule has 1 saturated carbocycles. The van der Waals surface area contributed by atoms with E-state index in [0.29, 0.717) is 12.8 Å². The molecule has 0 aromatic heterocycles. The Morgan fingerprint density at radius 1 is 1.14 bits per heavy atom. The number of alkyl halides is 3. The van der Waals surface area contributed by atoms with Gasteiger partial charge in [0.2, 0.25) is 11.7 Å². The molecule has 1 aliphatic carbocycles. The SMILES string of the molecule is CC(=O)N[C@@H]1[C@@H](N)C=C(C(=O)OC(=O)C(F)(F)F)O[C@@H]1CCC(O)(O)OC(=O)NC1CCCCC1. The van der Waals surface area contributed by atoms with Gasteiger partial charge in [-0.25, -0.2) is 14.4 Å². The second-order valence-corrected chi connectivity index (χ2v) is 8.32. The van der Waals surface area contributed by atoms with Crippen LogP contribution >= 0.6 is 0 Å². The molecule has 0 spiro atoms. The van der Waals surface area contributed by atoms with Gasteiger partial charge in [0.05, 0.1) is 12.1 Å². The third-order valence-electron chi connectivity index (χ3n) is 5.36. The van der Waals surface area contributed by atoms with E-state index >= 15 is 0 Å². The average Bonchev–Trinajstić information content (AvgIpc) is 2.73. The number of nitrogens with one attached hydrogen (secondary N) is 2. The molecule has 0 radical (unpaired) electrons. The van der Waals surface area contributed by atoms with Crippen LogP contribution in [0.25, 0.3) is 0 Å². The van der Waals surface area contributed by atoms with Gasteiger partial charge in [-0.1, -0.05) is 19.3 Å². The third kappa shape index (κ3) is 8.99. The minimum atomic E-state index is -5.44. The van der Waals surface area contributed by atoms with Crippen molar-refractivity contribution in [2.24, 2.45) is 5.73 Å². The fourth-order valence-corrected chi connectivity index (χ4v) is 3.75. The molecule has 0 aromatic carbocycles. The highest BCUT2D eigenvalue weighted by atomic mass is 19.4. The normalized spacial score (nSPS) is 23.4. The van der Waals surface area contributed by atoms with E-state index in [-0.39, 0.29) is 6.04 Å². The summed E-state index contributed by atoms with van der Waals surface area (Å²) in [6.45, 7) is 1.14. The molecule has 12 nitrogen and oxygen atoms in total. The van der Waals surface area contributed by atoms with Gasteiger partial charge in [-0.2, -0.15) is 13.2 Å². The second-order valence-electron chi connectivity index (χ2n) is 8.32. The van der Waals surface area contributed by atoms with Crippen molar-refractivity contribution in [3.8, 4) is 0 Å². The molecule has 1 heterocycles. The molecule has 2 amide bonds. The fourth-order valence-electron chi connectivity index (χ4n) is 3.75. The maximum Gasteiger partial charge on any atom is 0.491 e. The van der Waals surface area contributed by atoms with Gasteiger partial charge in [-0.05, 0) is 25.3 Å². The first kappa shape index (κ1) is 28.3. The fraction of sp³-hybridized carbons (Fsp3) is 0.700. The molecule has 0 bridgehead atoms. The average molecular weight is 511 g/mol. The van der Waals surface area contributed by atoms with E-state index in [1.165, 1.54) is 0 Å². The van der Waals surface area contributed by atoms with E-state index < -0.39 is 72.9 Å². The molecule has 0 unspecified atom stereocenters. The number of rotatable bonds is 7. The van der Waals surface area contributed by atoms with E-state index in [2.05, 4.69) is 20.1 Å². The molecule has 2 rings (SSSR count). The van der Waals surface area contributed by atoms with Crippen molar-refractivity contribution in [2.75, 3.05) is 0 Å². The number of carbonyl (C=O) groups excluding carboxylic acids is 4. The Morgan fingerprint density at radius 3 is 2.34 bits per heavy atom. The number of hydrogen-bond donors (Lipinski definition) is 5. The smallest absolute Gasteiger partial charge is 0.481 e. The van der Waals surface area contributed by atoms with Gasteiger partial charge in [-0.15, -0.1) is 0 Å². The monoisotopic (exact) mass is 511 g/mol. The summed E-state index contributed by atoms with van der Waals surface area (Å²) in [5, 5.41) is 25.1. The zero-order valence-electron chi connectivity index (χ0n) is 18.8. The predicted molar refractivity (Wildman–Crippen MR) is 109 cm³/mol. The summed E-state index contributed by atoms with van der Waals surface area (Å²) in [7, 11) is 0. The predicted octanol–water partition coefficient (Wildman–Crippen LogP) is 0.211. The van der Waals surface area contributed by atoms with Crippen molar-refractivity contribution < 1.29 is 56.8 Å². The summed E-state index contributed by atoms with van der Waals surface area (Å²) < 4.78 is 50.8. The van der Waals surface area contributed by atoms with Crippen LogP contribution in [0, 0.1) is 0 Å². The van der Waals surface area contributed by atoms with E-state index in [0.717, 1.165) is 32.3 Å². The van der Waals surface area contributed by atoms with Crippen LogP contribution in [0.15, 0.2) is 11.8 Å². The van der Waals surface area contributed by atoms with Gasteiger partial charge < -0.3 is 40.8 Å². The molecule has 1 aliphatic heterocycles. The van der Waals surface area contributed by atoms with Gasteiger partial charge in [0, 0.05) is 19.4 Å². The van der Waals surface area contributed by atoms with Crippen LogP contribution in [0.3, 0.4) is 0 Å². The zero-order chi connectivity index (χ0) is 26.4. The number of aliphatic hydroxyl groups is 2. The van der Waals surface area contributed by atoms with Gasteiger partial charge in [0.15, 0.2) is 0 Å². The quantitative estimate of drug-likeness (QED) is 0.180. The summed E-state index contributed by atoms with van der Waals surface area (Å²) >= 11 is 0. The molecule has 198 valence electrons. The number of carbonyl (C=O) groups is 4. The van der Waals surface area contributed by atoms with Gasteiger partial charge >= 0.3 is 30.2 Å². The molecule has 0 saturated heterocycles.